The number of carbonyl (C=O) groups is 1. The fourth-order valence-electron chi connectivity index (χ4n) is 2.87. The van der Waals surface area contributed by atoms with Crippen LogP contribution in [0, 0.1) is 6.92 Å². The van der Waals surface area contributed by atoms with Crippen LogP contribution in [0.1, 0.15) is 24.5 Å². The number of rotatable bonds is 3. The Morgan fingerprint density at radius 2 is 1.92 bits per heavy atom. The molecule has 0 unspecified atom stereocenters. The zero-order valence-corrected chi connectivity index (χ0v) is 14.5. The van der Waals surface area contributed by atoms with Crippen molar-refractivity contribution in [3.05, 3.63) is 53.6 Å². The monoisotopic (exact) mass is 345 g/mol. The molecular formula is C18H19NO4S. The molecule has 0 fully saturated rings. The molecule has 0 radical (unpaired) electrons. The van der Waals surface area contributed by atoms with E-state index in [-0.39, 0.29) is 10.8 Å². The molecule has 0 bridgehead atoms. The Morgan fingerprint density at radius 3 is 2.62 bits per heavy atom. The largest absolute Gasteiger partial charge is 0.379 e. The summed E-state index contributed by atoms with van der Waals surface area (Å²) in [5.41, 5.74) is 2.39. The number of benzene rings is 2. The van der Waals surface area contributed by atoms with Gasteiger partial charge in [-0.15, -0.1) is 0 Å². The predicted molar refractivity (Wildman–Crippen MR) is 91.8 cm³/mol. The number of carbonyl (C=O) groups excluding carboxylic acids is 1. The van der Waals surface area contributed by atoms with E-state index in [1.807, 2.05) is 6.07 Å². The van der Waals surface area contributed by atoms with Gasteiger partial charge >= 0.3 is 10.1 Å². The van der Waals surface area contributed by atoms with E-state index in [1.54, 1.807) is 42.2 Å². The first kappa shape index (κ1) is 16.5. The molecule has 0 saturated heterocycles. The Kier molecular flexibility index (Phi) is 4.32. The van der Waals surface area contributed by atoms with E-state index < -0.39 is 10.1 Å². The second-order valence-electron chi connectivity index (χ2n) is 5.87. The van der Waals surface area contributed by atoms with Crippen molar-refractivity contribution in [1.82, 2.24) is 0 Å². The lowest BCUT2D eigenvalue weighted by atomic mass is 10.0. The van der Waals surface area contributed by atoms with Crippen molar-refractivity contribution in [3.63, 3.8) is 0 Å². The standard InChI is InChI=1S/C18H19NO4S/c1-13-6-3-4-8-18(13)23-24(21,22)16-9-10-17-15(12-16)7-5-11-19(17)14(2)20/h3-4,6,8-10,12H,5,7,11H2,1-2H3. The van der Waals surface area contributed by atoms with Crippen LogP contribution in [0.4, 0.5) is 5.69 Å². The second kappa shape index (κ2) is 6.28. The van der Waals surface area contributed by atoms with Crippen LogP contribution in [-0.4, -0.2) is 20.9 Å². The summed E-state index contributed by atoms with van der Waals surface area (Å²) < 4.78 is 30.4. The molecule has 0 aromatic heterocycles. The molecule has 0 N–H and O–H groups in total. The Labute approximate surface area is 142 Å². The summed E-state index contributed by atoms with van der Waals surface area (Å²) >= 11 is 0. The fraction of sp³-hybridized carbons (Fsp3) is 0.278. The average molecular weight is 345 g/mol. The van der Waals surface area contributed by atoms with Crippen molar-refractivity contribution in [3.8, 4) is 5.75 Å². The van der Waals surface area contributed by atoms with E-state index in [0.29, 0.717) is 12.3 Å². The van der Waals surface area contributed by atoms with E-state index in [0.717, 1.165) is 29.7 Å². The second-order valence-corrected chi connectivity index (χ2v) is 7.41. The topological polar surface area (TPSA) is 63.7 Å². The summed E-state index contributed by atoms with van der Waals surface area (Å²) in [5, 5.41) is 0. The van der Waals surface area contributed by atoms with Crippen molar-refractivity contribution < 1.29 is 17.4 Å². The van der Waals surface area contributed by atoms with Gasteiger partial charge in [0.15, 0.2) is 0 Å². The van der Waals surface area contributed by atoms with Crippen molar-refractivity contribution in [2.75, 3.05) is 11.4 Å². The SMILES string of the molecule is CC(=O)N1CCCc2cc(S(=O)(=O)Oc3ccccc3C)ccc21. The minimum absolute atomic E-state index is 0.0392. The molecule has 126 valence electrons. The number of hydrogen-bond acceptors (Lipinski definition) is 4. The molecule has 0 atom stereocenters. The van der Waals surface area contributed by atoms with Crippen LogP contribution >= 0.6 is 0 Å². The quantitative estimate of drug-likeness (QED) is 0.802. The minimum Gasteiger partial charge on any atom is -0.379 e. The number of hydrogen-bond donors (Lipinski definition) is 0. The van der Waals surface area contributed by atoms with Gasteiger partial charge in [0.05, 0.1) is 0 Å². The van der Waals surface area contributed by atoms with Crippen LogP contribution in [0.5, 0.6) is 5.75 Å². The molecule has 1 heterocycles. The van der Waals surface area contributed by atoms with Gasteiger partial charge in [0.1, 0.15) is 10.6 Å². The molecule has 6 heteroatoms. The third kappa shape index (κ3) is 3.14. The van der Waals surface area contributed by atoms with Crippen LogP contribution < -0.4 is 9.08 Å². The first-order chi connectivity index (χ1) is 11.4. The number of fused-ring (bicyclic) bond motifs is 1. The molecule has 0 spiro atoms. The van der Waals surface area contributed by atoms with Gasteiger partial charge in [-0.3, -0.25) is 4.79 Å². The summed E-state index contributed by atoms with van der Waals surface area (Å²) in [7, 11) is -3.91. The summed E-state index contributed by atoms with van der Waals surface area (Å²) in [4.78, 5) is 13.5. The zero-order chi connectivity index (χ0) is 17.3. The van der Waals surface area contributed by atoms with Gasteiger partial charge in [0.2, 0.25) is 5.91 Å². The number of anilines is 1. The maximum Gasteiger partial charge on any atom is 0.339 e. The number of nitrogens with zero attached hydrogens (tertiary/aromatic N) is 1. The highest BCUT2D eigenvalue weighted by atomic mass is 32.2. The Morgan fingerprint density at radius 1 is 1.17 bits per heavy atom. The zero-order valence-electron chi connectivity index (χ0n) is 13.7. The van der Waals surface area contributed by atoms with Crippen LogP contribution in [0.2, 0.25) is 0 Å². The first-order valence-electron chi connectivity index (χ1n) is 7.79. The molecule has 2 aromatic carbocycles. The molecule has 1 aliphatic rings. The number of para-hydroxylation sites is 1. The maximum absolute atomic E-state index is 12.6. The lowest BCUT2D eigenvalue weighted by Gasteiger charge is -2.28. The highest BCUT2D eigenvalue weighted by Gasteiger charge is 2.24. The van der Waals surface area contributed by atoms with Gasteiger partial charge in [-0.05, 0) is 55.2 Å². The molecule has 24 heavy (non-hydrogen) atoms. The maximum atomic E-state index is 12.6. The predicted octanol–water partition coefficient (Wildman–Crippen LogP) is 3.06. The first-order valence-corrected chi connectivity index (χ1v) is 9.20. The summed E-state index contributed by atoms with van der Waals surface area (Å²) in [6, 6.07) is 11.8. The van der Waals surface area contributed by atoms with Gasteiger partial charge in [0, 0.05) is 19.2 Å². The van der Waals surface area contributed by atoms with Crippen LogP contribution in [-0.2, 0) is 21.3 Å². The van der Waals surface area contributed by atoms with Crippen molar-refractivity contribution >= 4 is 21.7 Å². The van der Waals surface area contributed by atoms with E-state index in [1.165, 1.54) is 13.0 Å². The fourth-order valence-corrected chi connectivity index (χ4v) is 3.91. The highest BCUT2D eigenvalue weighted by molar-refractivity contribution is 7.87. The van der Waals surface area contributed by atoms with Crippen LogP contribution in [0.15, 0.2) is 47.4 Å². The molecule has 1 aliphatic heterocycles. The Balaban J connectivity index is 1.95. The molecular weight excluding hydrogens is 326 g/mol. The molecule has 0 saturated carbocycles. The van der Waals surface area contributed by atoms with E-state index in [9.17, 15) is 13.2 Å². The minimum atomic E-state index is -3.91. The van der Waals surface area contributed by atoms with Crippen molar-refractivity contribution in [2.45, 2.75) is 31.6 Å². The lowest BCUT2D eigenvalue weighted by Crippen LogP contribution is -2.33. The highest BCUT2D eigenvalue weighted by Crippen LogP contribution is 2.30. The molecule has 2 aromatic rings. The van der Waals surface area contributed by atoms with E-state index >= 15 is 0 Å². The van der Waals surface area contributed by atoms with Gasteiger partial charge < -0.3 is 9.08 Å². The molecule has 0 aliphatic carbocycles. The van der Waals surface area contributed by atoms with E-state index in [4.69, 9.17) is 4.18 Å². The summed E-state index contributed by atoms with van der Waals surface area (Å²) in [6.45, 7) is 3.97. The molecule has 1 amide bonds. The number of amides is 1. The van der Waals surface area contributed by atoms with Gasteiger partial charge in [-0.1, -0.05) is 18.2 Å². The lowest BCUT2D eigenvalue weighted by molar-refractivity contribution is -0.116. The van der Waals surface area contributed by atoms with Crippen LogP contribution in [0.25, 0.3) is 0 Å². The number of aryl methyl sites for hydroxylation is 2. The average Bonchev–Trinajstić information content (AvgIpc) is 2.55. The summed E-state index contributed by atoms with van der Waals surface area (Å²) in [5.74, 6) is 0.281. The third-order valence-corrected chi connectivity index (χ3v) is 5.36. The third-order valence-electron chi connectivity index (χ3n) is 4.13. The molecule has 5 nitrogen and oxygen atoms in total. The van der Waals surface area contributed by atoms with Crippen LogP contribution in [0.3, 0.4) is 0 Å². The van der Waals surface area contributed by atoms with Gasteiger partial charge in [-0.2, -0.15) is 8.42 Å². The smallest absolute Gasteiger partial charge is 0.339 e. The van der Waals surface area contributed by atoms with E-state index in [2.05, 4.69) is 0 Å². The Hall–Kier alpha value is -2.34. The van der Waals surface area contributed by atoms with Gasteiger partial charge in [0.25, 0.3) is 0 Å². The molecule has 3 rings (SSSR count). The normalized spacial score (nSPS) is 14.2. The van der Waals surface area contributed by atoms with Gasteiger partial charge in [-0.25, -0.2) is 0 Å². The van der Waals surface area contributed by atoms with Crippen molar-refractivity contribution in [1.29, 1.82) is 0 Å². The van der Waals surface area contributed by atoms with Crippen molar-refractivity contribution in [2.24, 2.45) is 0 Å². The Bertz CT molecular complexity index is 890. The summed E-state index contributed by atoms with van der Waals surface area (Å²) in [6.07, 6.45) is 1.56.